The van der Waals surface area contributed by atoms with E-state index in [-0.39, 0.29) is 5.91 Å². The van der Waals surface area contributed by atoms with Crippen molar-refractivity contribution in [1.29, 1.82) is 0 Å². The molecule has 4 heteroatoms. The first-order chi connectivity index (χ1) is 6.63. The highest BCUT2D eigenvalue weighted by molar-refractivity contribution is 5.94. The van der Waals surface area contributed by atoms with Crippen molar-refractivity contribution in [2.75, 3.05) is 6.54 Å². The molecule has 0 bridgehead atoms. The molecule has 1 aromatic rings. The van der Waals surface area contributed by atoms with Crippen LogP contribution in [0.15, 0.2) is 12.3 Å². The van der Waals surface area contributed by atoms with Gasteiger partial charge < -0.3 is 10.3 Å². The van der Waals surface area contributed by atoms with E-state index in [4.69, 9.17) is 0 Å². The molecule has 1 aromatic heterocycles. The van der Waals surface area contributed by atoms with E-state index in [1.165, 1.54) is 12.3 Å². The standard InChI is InChI=1S/C10H14N2O2/c1-7(2)4-12-10(14)9-3-8(6-13)5-11-9/h3,5-7,11H,4H2,1-2H3,(H,12,14). The summed E-state index contributed by atoms with van der Waals surface area (Å²) in [7, 11) is 0. The maximum Gasteiger partial charge on any atom is 0.267 e. The summed E-state index contributed by atoms with van der Waals surface area (Å²) in [5, 5.41) is 2.75. The van der Waals surface area contributed by atoms with E-state index in [0.717, 1.165) is 0 Å². The normalized spacial score (nSPS) is 10.2. The molecule has 0 aliphatic heterocycles. The van der Waals surface area contributed by atoms with E-state index in [0.29, 0.717) is 30.0 Å². The van der Waals surface area contributed by atoms with Crippen molar-refractivity contribution in [3.63, 3.8) is 0 Å². The van der Waals surface area contributed by atoms with Gasteiger partial charge in [-0.3, -0.25) is 9.59 Å². The summed E-state index contributed by atoms with van der Waals surface area (Å²) in [6.45, 7) is 4.67. The van der Waals surface area contributed by atoms with E-state index in [1.54, 1.807) is 0 Å². The smallest absolute Gasteiger partial charge is 0.267 e. The second kappa shape index (κ2) is 4.60. The van der Waals surface area contributed by atoms with Crippen LogP contribution in [-0.4, -0.2) is 23.7 Å². The summed E-state index contributed by atoms with van der Waals surface area (Å²) in [5.74, 6) is 0.242. The lowest BCUT2D eigenvalue weighted by molar-refractivity contribution is 0.0944. The molecule has 14 heavy (non-hydrogen) atoms. The Hall–Kier alpha value is -1.58. The summed E-state index contributed by atoms with van der Waals surface area (Å²) in [5.41, 5.74) is 0.910. The minimum absolute atomic E-state index is 0.174. The molecule has 0 aromatic carbocycles. The largest absolute Gasteiger partial charge is 0.357 e. The van der Waals surface area contributed by atoms with Gasteiger partial charge in [-0.2, -0.15) is 0 Å². The number of H-pyrrole nitrogens is 1. The van der Waals surface area contributed by atoms with E-state index in [1.807, 2.05) is 13.8 Å². The number of carbonyl (C=O) groups excluding carboxylic acids is 2. The molecule has 76 valence electrons. The average molecular weight is 194 g/mol. The van der Waals surface area contributed by atoms with Crippen molar-refractivity contribution in [2.24, 2.45) is 5.92 Å². The molecule has 1 rings (SSSR count). The SMILES string of the molecule is CC(C)CNC(=O)c1cc(C=O)c[nH]1. The molecular formula is C10H14N2O2. The zero-order valence-corrected chi connectivity index (χ0v) is 8.33. The average Bonchev–Trinajstić information content (AvgIpc) is 2.62. The number of hydrogen-bond acceptors (Lipinski definition) is 2. The fraction of sp³-hybridized carbons (Fsp3) is 0.400. The summed E-state index contributed by atoms with van der Waals surface area (Å²) >= 11 is 0. The van der Waals surface area contributed by atoms with Crippen molar-refractivity contribution in [3.8, 4) is 0 Å². The highest BCUT2D eigenvalue weighted by Gasteiger charge is 2.07. The van der Waals surface area contributed by atoms with Gasteiger partial charge in [-0.25, -0.2) is 0 Å². The number of nitrogens with one attached hydrogen (secondary N) is 2. The quantitative estimate of drug-likeness (QED) is 0.708. The van der Waals surface area contributed by atoms with Crippen molar-refractivity contribution < 1.29 is 9.59 Å². The van der Waals surface area contributed by atoms with E-state index in [2.05, 4.69) is 10.3 Å². The summed E-state index contributed by atoms with van der Waals surface area (Å²) < 4.78 is 0. The summed E-state index contributed by atoms with van der Waals surface area (Å²) in [6.07, 6.45) is 2.22. The van der Waals surface area contributed by atoms with Crippen molar-refractivity contribution >= 4 is 12.2 Å². The van der Waals surface area contributed by atoms with Gasteiger partial charge in [-0.15, -0.1) is 0 Å². The first-order valence-corrected chi connectivity index (χ1v) is 4.55. The molecule has 0 unspecified atom stereocenters. The number of aldehydes is 1. The van der Waals surface area contributed by atoms with Crippen LogP contribution in [0.1, 0.15) is 34.7 Å². The zero-order chi connectivity index (χ0) is 10.6. The lowest BCUT2D eigenvalue weighted by atomic mass is 10.2. The van der Waals surface area contributed by atoms with Gasteiger partial charge in [-0.1, -0.05) is 13.8 Å². The van der Waals surface area contributed by atoms with Crippen LogP contribution in [0.25, 0.3) is 0 Å². The maximum atomic E-state index is 11.4. The fourth-order valence-corrected chi connectivity index (χ4v) is 1.00. The molecule has 2 N–H and O–H groups in total. The van der Waals surface area contributed by atoms with Crippen molar-refractivity contribution in [2.45, 2.75) is 13.8 Å². The second-order valence-corrected chi connectivity index (χ2v) is 3.57. The highest BCUT2D eigenvalue weighted by atomic mass is 16.1. The van der Waals surface area contributed by atoms with Gasteiger partial charge in [0.2, 0.25) is 0 Å². The van der Waals surface area contributed by atoms with E-state index in [9.17, 15) is 9.59 Å². The molecule has 0 aliphatic carbocycles. The van der Waals surface area contributed by atoms with E-state index >= 15 is 0 Å². The zero-order valence-electron chi connectivity index (χ0n) is 8.33. The number of carbonyl (C=O) groups is 2. The van der Waals surface area contributed by atoms with E-state index < -0.39 is 0 Å². The topological polar surface area (TPSA) is 62.0 Å². The van der Waals surface area contributed by atoms with Crippen LogP contribution >= 0.6 is 0 Å². The summed E-state index contributed by atoms with van der Waals surface area (Å²) in [6, 6.07) is 1.53. The lowest BCUT2D eigenvalue weighted by Gasteiger charge is -2.05. The lowest BCUT2D eigenvalue weighted by Crippen LogP contribution is -2.27. The van der Waals surface area contributed by atoms with Crippen molar-refractivity contribution in [3.05, 3.63) is 23.5 Å². The molecule has 0 radical (unpaired) electrons. The molecule has 0 spiro atoms. The van der Waals surface area contributed by atoms with Crippen LogP contribution in [0.5, 0.6) is 0 Å². The molecule has 0 saturated heterocycles. The first-order valence-electron chi connectivity index (χ1n) is 4.55. The predicted molar refractivity (Wildman–Crippen MR) is 53.4 cm³/mol. The van der Waals surface area contributed by atoms with Gasteiger partial charge in [0.05, 0.1) is 0 Å². The number of rotatable bonds is 4. The van der Waals surface area contributed by atoms with Gasteiger partial charge in [-0.05, 0) is 12.0 Å². The van der Waals surface area contributed by atoms with Crippen LogP contribution in [0.3, 0.4) is 0 Å². The van der Waals surface area contributed by atoms with Crippen LogP contribution in [-0.2, 0) is 0 Å². The molecule has 0 saturated carbocycles. The highest BCUT2D eigenvalue weighted by Crippen LogP contribution is 2.00. The minimum Gasteiger partial charge on any atom is -0.357 e. The summed E-state index contributed by atoms with van der Waals surface area (Å²) in [4.78, 5) is 24.5. The number of amides is 1. The van der Waals surface area contributed by atoms with Crippen LogP contribution in [0, 0.1) is 5.92 Å². The van der Waals surface area contributed by atoms with Gasteiger partial charge in [0, 0.05) is 18.3 Å². The Labute approximate surface area is 82.7 Å². The third-order valence-corrected chi connectivity index (χ3v) is 1.76. The third kappa shape index (κ3) is 2.73. The van der Waals surface area contributed by atoms with Gasteiger partial charge in [0.1, 0.15) is 5.69 Å². The molecule has 4 nitrogen and oxygen atoms in total. The Bertz CT molecular complexity index is 329. The van der Waals surface area contributed by atoms with Crippen molar-refractivity contribution in [1.82, 2.24) is 10.3 Å². The number of aromatic nitrogens is 1. The number of hydrogen-bond donors (Lipinski definition) is 2. The Kier molecular flexibility index (Phi) is 3.45. The number of aromatic amines is 1. The monoisotopic (exact) mass is 194 g/mol. The molecule has 1 heterocycles. The van der Waals surface area contributed by atoms with Crippen LogP contribution in [0.4, 0.5) is 0 Å². The first kappa shape index (κ1) is 10.5. The molecule has 0 aliphatic rings. The molecule has 0 atom stereocenters. The molecular weight excluding hydrogens is 180 g/mol. The minimum atomic E-state index is -0.174. The second-order valence-electron chi connectivity index (χ2n) is 3.57. The van der Waals surface area contributed by atoms with Crippen LogP contribution in [0.2, 0.25) is 0 Å². The Morgan fingerprint density at radius 3 is 2.86 bits per heavy atom. The van der Waals surface area contributed by atoms with Crippen LogP contribution < -0.4 is 5.32 Å². The predicted octanol–water partition coefficient (Wildman–Crippen LogP) is 1.21. The fourth-order valence-electron chi connectivity index (χ4n) is 1.00. The van der Waals surface area contributed by atoms with Gasteiger partial charge >= 0.3 is 0 Å². The Morgan fingerprint density at radius 2 is 2.36 bits per heavy atom. The Morgan fingerprint density at radius 1 is 1.64 bits per heavy atom. The molecule has 1 amide bonds. The molecule has 0 fully saturated rings. The third-order valence-electron chi connectivity index (χ3n) is 1.76. The van der Waals surface area contributed by atoms with Gasteiger partial charge in [0.15, 0.2) is 6.29 Å². The maximum absolute atomic E-state index is 11.4. The van der Waals surface area contributed by atoms with Gasteiger partial charge in [0.25, 0.3) is 5.91 Å². The Balaban J connectivity index is 2.56.